The van der Waals surface area contributed by atoms with Crippen LogP contribution < -0.4 is 0 Å². The second-order valence-electron chi connectivity index (χ2n) is 5.96. The molecule has 0 N–H and O–H groups in total. The van der Waals surface area contributed by atoms with E-state index in [1.807, 2.05) is 0 Å². The molecule has 0 saturated carbocycles. The van der Waals surface area contributed by atoms with Crippen molar-refractivity contribution in [2.45, 2.75) is 30.3 Å². The Labute approximate surface area is 141 Å². The summed E-state index contributed by atoms with van der Waals surface area (Å²) in [6.07, 6.45) is 2.98. The van der Waals surface area contributed by atoms with Crippen molar-refractivity contribution >= 4 is 25.8 Å². The van der Waals surface area contributed by atoms with Crippen LogP contribution in [-0.4, -0.2) is 73.6 Å². The number of amides is 1. The minimum absolute atomic E-state index is 0.0308. The number of nitrogens with zero attached hydrogens (tertiary/aromatic N) is 3. The van der Waals surface area contributed by atoms with Gasteiger partial charge in [0.15, 0.2) is 9.84 Å². The second kappa shape index (κ2) is 6.08. The molecule has 0 unspecified atom stereocenters. The fourth-order valence-electron chi connectivity index (χ4n) is 3.37. The van der Waals surface area contributed by atoms with Crippen LogP contribution in [0.1, 0.15) is 13.3 Å². The van der Waals surface area contributed by atoms with E-state index in [9.17, 15) is 21.6 Å². The predicted octanol–water partition coefficient (Wildman–Crippen LogP) is -0.510. The van der Waals surface area contributed by atoms with Crippen LogP contribution in [0.25, 0.3) is 0 Å². The fraction of sp³-hybridized carbons (Fsp3) is 0.571. The molecule has 0 radical (unpaired) electrons. The fourth-order valence-corrected chi connectivity index (χ4v) is 7.05. The first-order valence-corrected chi connectivity index (χ1v) is 10.9. The predicted molar refractivity (Wildman–Crippen MR) is 86.4 cm³/mol. The van der Waals surface area contributed by atoms with Crippen LogP contribution in [0, 0.1) is 0 Å². The summed E-state index contributed by atoms with van der Waals surface area (Å²) in [5.74, 6) is -0.604. The Morgan fingerprint density at radius 2 is 2.00 bits per heavy atom. The monoisotopic (exact) mass is 373 g/mol. The topological polar surface area (TPSA) is 105 Å². The molecule has 8 nitrogen and oxygen atoms in total. The Morgan fingerprint density at radius 3 is 2.62 bits per heavy atom. The molecule has 2 aliphatic rings. The van der Waals surface area contributed by atoms with Crippen molar-refractivity contribution in [1.82, 2.24) is 14.2 Å². The van der Waals surface area contributed by atoms with Gasteiger partial charge in [-0.3, -0.25) is 9.78 Å². The number of sulfonamides is 1. The van der Waals surface area contributed by atoms with E-state index in [0.29, 0.717) is 0 Å². The van der Waals surface area contributed by atoms with Gasteiger partial charge in [-0.2, -0.15) is 4.31 Å². The third kappa shape index (κ3) is 2.93. The molecule has 10 heteroatoms. The van der Waals surface area contributed by atoms with Gasteiger partial charge < -0.3 is 4.90 Å². The highest BCUT2D eigenvalue weighted by atomic mass is 32.2. The van der Waals surface area contributed by atoms with Crippen molar-refractivity contribution < 1.29 is 21.6 Å². The third-order valence-electron chi connectivity index (χ3n) is 4.49. The maximum Gasteiger partial charge on any atom is 0.245 e. The molecule has 3 heterocycles. The molecule has 1 aromatic heterocycles. The Hall–Kier alpha value is -1.52. The van der Waals surface area contributed by atoms with Crippen molar-refractivity contribution in [1.29, 1.82) is 0 Å². The second-order valence-corrected chi connectivity index (χ2v) is 10.0. The van der Waals surface area contributed by atoms with Crippen LogP contribution in [0.3, 0.4) is 0 Å². The van der Waals surface area contributed by atoms with Crippen LogP contribution in [0.15, 0.2) is 29.4 Å². The Morgan fingerprint density at radius 1 is 1.29 bits per heavy atom. The summed E-state index contributed by atoms with van der Waals surface area (Å²) in [4.78, 5) is 17.5. The summed E-state index contributed by atoms with van der Waals surface area (Å²) in [6, 6.07) is 1.59. The van der Waals surface area contributed by atoms with Gasteiger partial charge in [0.25, 0.3) is 0 Å². The van der Waals surface area contributed by atoms with Crippen molar-refractivity contribution in [3.05, 3.63) is 24.5 Å². The maximum absolute atomic E-state index is 12.9. The van der Waals surface area contributed by atoms with Gasteiger partial charge in [-0.25, -0.2) is 16.8 Å². The standard InChI is InChI=1S/C14H19N3O5S2/c1-2-14(18)16-6-7-17(13-10-23(19,20)9-12(13)16)24(21,22)11-4-3-5-15-8-11/h3-5,8,12-13H,2,6-7,9-10H2,1H3/t12-,13+/m1/s1. The summed E-state index contributed by atoms with van der Waals surface area (Å²) in [5, 5.41) is 0. The molecule has 2 fully saturated rings. The van der Waals surface area contributed by atoms with Crippen molar-refractivity contribution in [2.24, 2.45) is 0 Å². The Balaban J connectivity index is 1.99. The highest BCUT2D eigenvalue weighted by molar-refractivity contribution is 7.92. The summed E-state index contributed by atoms with van der Waals surface area (Å²) in [5.41, 5.74) is 0. The highest BCUT2D eigenvalue weighted by Crippen LogP contribution is 2.31. The van der Waals surface area contributed by atoms with Gasteiger partial charge in [-0.1, -0.05) is 6.92 Å². The van der Waals surface area contributed by atoms with E-state index in [1.54, 1.807) is 6.92 Å². The van der Waals surface area contributed by atoms with Gasteiger partial charge in [0, 0.05) is 31.9 Å². The quantitative estimate of drug-likeness (QED) is 0.707. The molecule has 2 aliphatic heterocycles. The first-order chi connectivity index (χ1) is 11.3. The number of carbonyl (C=O) groups excluding carboxylic acids is 1. The third-order valence-corrected chi connectivity index (χ3v) is 8.10. The molecule has 2 atom stereocenters. The number of carbonyl (C=O) groups is 1. The zero-order chi connectivity index (χ0) is 17.5. The smallest absolute Gasteiger partial charge is 0.245 e. The molecule has 3 rings (SSSR count). The molecule has 1 aromatic rings. The van der Waals surface area contributed by atoms with Crippen LogP contribution in [0.4, 0.5) is 0 Å². The number of aromatic nitrogens is 1. The van der Waals surface area contributed by atoms with E-state index in [-0.39, 0.29) is 41.8 Å². The van der Waals surface area contributed by atoms with E-state index in [4.69, 9.17) is 0 Å². The van der Waals surface area contributed by atoms with Crippen LogP contribution in [0.2, 0.25) is 0 Å². The normalized spacial score (nSPS) is 27.0. The van der Waals surface area contributed by atoms with Gasteiger partial charge in [-0.15, -0.1) is 0 Å². The summed E-state index contributed by atoms with van der Waals surface area (Å²) < 4.78 is 51.2. The molecule has 0 aromatic carbocycles. The summed E-state index contributed by atoms with van der Waals surface area (Å²) in [6.45, 7) is 1.99. The minimum atomic E-state index is -3.85. The van der Waals surface area contributed by atoms with E-state index >= 15 is 0 Å². The van der Waals surface area contributed by atoms with E-state index in [0.717, 1.165) is 0 Å². The lowest BCUT2D eigenvalue weighted by Gasteiger charge is -2.42. The zero-order valence-electron chi connectivity index (χ0n) is 13.2. The van der Waals surface area contributed by atoms with E-state index in [2.05, 4.69) is 4.98 Å². The Bertz CT molecular complexity index is 838. The molecule has 0 bridgehead atoms. The number of hydrogen-bond acceptors (Lipinski definition) is 6. The lowest BCUT2D eigenvalue weighted by Crippen LogP contribution is -2.61. The number of piperazine rings is 1. The van der Waals surface area contributed by atoms with E-state index < -0.39 is 31.9 Å². The average Bonchev–Trinajstić information content (AvgIpc) is 2.88. The average molecular weight is 373 g/mol. The zero-order valence-corrected chi connectivity index (χ0v) is 14.8. The minimum Gasteiger partial charge on any atom is -0.336 e. The van der Waals surface area contributed by atoms with Crippen molar-refractivity contribution in [2.75, 3.05) is 24.6 Å². The molecule has 24 heavy (non-hydrogen) atoms. The van der Waals surface area contributed by atoms with Gasteiger partial charge >= 0.3 is 0 Å². The first-order valence-electron chi connectivity index (χ1n) is 7.68. The molecule has 132 valence electrons. The maximum atomic E-state index is 12.9. The van der Waals surface area contributed by atoms with Gasteiger partial charge in [-0.05, 0) is 12.1 Å². The highest BCUT2D eigenvalue weighted by Gasteiger charge is 2.51. The van der Waals surface area contributed by atoms with Crippen molar-refractivity contribution in [3.63, 3.8) is 0 Å². The lowest BCUT2D eigenvalue weighted by molar-refractivity contribution is -0.135. The number of fused-ring (bicyclic) bond motifs is 1. The molecular weight excluding hydrogens is 354 g/mol. The lowest BCUT2D eigenvalue weighted by atomic mass is 10.1. The molecule has 0 spiro atoms. The van der Waals surface area contributed by atoms with Gasteiger partial charge in [0.05, 0.1) is 23.6 Å². The molecular formula is C14H19N3O5S2. The van der Waals surface area contributed by atoms with Crippen LogP contribution in [-0.2, 0) is 24.7 Å². The van der Waals surface area contributed by atoms with E-state index in [1.165, 1.54) is 33.7 Å². The number of rotatable bonds is 3. The number of sulfone groups is 1. The van der Waals surface area contributed by atoms with Crippen molar-refractivity contribution in [3.8, 4) is 0 Å². The first kappa shape index (κ1) is 17.3. The molecule has 2 saturated heterocycles. The van der Waals surface area contributed by atoms with Gasteiger partial charge in [0.1, 0.15) is 4.90 Å². The van der Waals surface area contributed by atoms with Crippen LogP contribution >= 0.6 is 0 Å². The molecule has 0 aliphatic carbocycles. The largest absolute Gasteiger partial charge is 0.336 e. The number of pyridine rings is 1. The molecule has 1 amide bonds. The summed E-state index contributed by atoms with van der Waals surface area (Å²) >= 11 is 0. The van der Waals surface area contributed by atoms with Gasteiger partial charge in [0.2, 0.25) is 15.9 Å². The number of hydrogen-bond donors (Lipinski definition) is 0. The SMILES string of the molecule is CCC(=O)N1CCN(S(=O)(=O)c2cccnc2)[C@H]2CS(=O)(=O)C[C@H]21. The summed E-state index contributed by atoms with van der Waals surface area (Å²) in [7, 11) is -7.25. The Kier molecular flexibility index (Phi) is 4.39. The van der Waals surface area contributed by atoms with Crippen LogP contribution in [0.5, 0.6) is 0 Å².